The molecule has 0 aliphatic carbocycles. The summed E-state index contributed by atoms with van der Waals surface area (Å²) in [5.41, 5.74) is 0.649. The summed E-state index contributed by atoms with van der Waals surface area (Å²) in [7, 11) is 0. The third kappa shape index (κ3) is 3.56. The lowest BCUT2D eigenvalue weighted by molar-refractivity contribution is -0.139. The van der Waals surface area contributed by atoms with Gasteiger partial charge in [-0.3, -0.25) is 9.69 Å². The van der Waals surface area contributed by atoms with Crippen LogP contribution in [0.2, 0.25) is 0 Å². The van der Waals surface area contributed by atoms with Crippen LogP contribution < -0.4 is 4.90 Å². The largest absolute Gasteiger partial charge is 0.481 e. The maximum absolute atomic E-state index is 12.3. The highest BCUT2D eigenvalue weighted by molar-refractivity contribution is 9.10. The molecule has 21 heavy (non-hydrogen) atoms. The zero-order chi connectivity index (χ0) is 15.8. The van der Waals surface area contributed by atoms with E-state index in [4.69, 9.17) is 4.74 Å². The minimum Gasteiger partial charge on any atom is -0.481 e. The van der Waals surface area contributed by atoms with Gasteiger partial charge in [0, 0.05) is 11.0 Å². The lowest BCUT2D eigenvalue weighted by Crippen LogP contribution is -2.41. The van der Waals surface area contributed by atoms with E-state index in [1.54, 1.807) is 39.0 Å². The van der Waals surface area contributed by atoms with Crippen LogP contribution in [0, 0.1) is 0 Å². The number of ether oxygens (including phenoxy) is 1. The number of benzene rings is 1. The molecule has 1 N–H and O–H groups in total. The van der Waals surface area contributed by atoms with Crippen molar-refractivity contribution in [3.8, 4) is 0 Å². The van der Waals surface area contributed by atoms with Crippen molar-refractivity contribution in [3.63, 3.8) is 0 Å². The number of hydrogen-bond acceptors (Lipinski definition) is 3. The predicted molar refractivity (Wildman–Crippen MR) is 82.7 cm³/mol. The summed E-state index contributed by atoms with van der Waals surface area (Å²) in [5.74, 6) is -1.48. The Morgan fingerprint density at radius 1 is 1.38 bits per heavy atom. The SMILES string of the molecule is CC(C)(C)OC(=O)N1CC[C@H](C(=O)O)c2cc(Br)ccc21. The Hall–Kier alpha value is -1.56. The number of carbonyl (C=O) groups is 2. The lowest BCUT2D eigenvalue weighted by atomic mass is 9.90. The Kier molecular flexibility index (Phi) is 4.27. The molecule has 1 atom stereocenters. The smallest absolute Gasteiger partial charge is 0.414 e. The number of halogens is 1. The van der Waals surface area contributed by atoms with E-state index in [2.05, 4.69) is 15.9 Å². The van der Waals surface area contributed by atoms with Crippen molar-refractivity contribution in [1.29, 1.82) is 0 Å². The van der Waals surface area contributed by atoms with Crippen molar-refractivity contribution in [2.75, 3.05) is 11.4 Å². The second kappa shape index (κ2) is 5.67. The molecular formula is C15H18BrNO4. The van der Waals surface area contributed by atoms with Crippen LogP contribution in [0.5, 0.6) is 0 Å². The zero-order valence-electron chi connectivity index (χ0n) is 12.2. The van der Waals surface area contributed by atoms with E-state index in [1.165, 1.54) is 4.90 Å². The van der Waals surface area contributed by atoms with E-state index < -0.39 is 23.6 Å². The van der Waals surface area contributed by atoms with Gasteiger partial charge in [-0.15, -0.1) is 0 Å². The number of amides is 1. The highest BCUT2D eigenvalue weighted by Gasteiger charge is 2.34. The van der Waals surface area contributed by atoms with Crippen molar-refractivity contribution in [2.24, 2.45) is 0 Å². The highest BCUT2D eigenvalue weighted by atomic mass is 79.9. The van der Waals surface area contributed by atoms with Gasteiger partial charge in [-0.2, -0.15) is 0 Å². The van der Waals surface area contributed by atoms with Crippen LogP contribution in [0.25, 0.3) is 0 Å². The molecular weight excluding hydrogens is 338 g/mol. The number of anilines is 1. The molecule has 114 valence electrons. The number of fused-ring (bicyclic) bond motifs is 1. The van der Waals surface area contributed by atoms with Crippen molar-refractivity contribution in [1.82, 2.24) is 0 Å². The van der Waals surface area contributed by atoms with Gasteiger partial charge in [0.2, 0.25) is 0 Å². The van der Waals surface area contributed by atoms with Gasteiger partial charge in [0.15, 0.2) is 0 Å². The molecule has 1 aliphatic heterocycles. The molecule has 0 aromatic heterocycles. The molecule has 1 heterocycles. The fraction of sp³-hybridized carbons (Fsp3) is 0.467. The van der Waals surface area contributed by atoms with Crippen LogP contribution >= 0.6 is 15.9 Å². The summed E-state index contributed by atoms with van der Waals surface area (Å²) in [5, 5.41) is 9.34. The average Bonchev–Trinajstić information content (AvgIpc) is 2.34. The number of carboxylic acids is 1. The van der Waals surface area contributed by atoms with E-state index in [-0.39, 0.29) is 0 Å². The van der Waals surface area contributed by atoms with Gasteiger partial charge in [-0.25, -0.2) is 4.79 Å². The van der Waals surface area contributed by atoms with E-state index >= 15 is 0 Å². The predicted octanol–water partition coefficient (Wildman–Crippen LogP) is 3.76. The first-order valence-corrected chi connectivity index (χ1v) is 7.51. The zero-order valence-corrected chi connectivity index (χ0v) is 13.8. The van der Waals surface area contributed by atoms with Crippen LogP contribution in [0.15, 0.2) is 22.7 Å². The van der Waals surface area contributed by atoms with Gasteiger partial charge in [0.25, 0.3) is 0 Å². The molecule has 6 heteroatoms. The quantitative estimate of drug-likeness (QED) is 0.832. The number of rotatable bonds is 1. The fourth-order valence-corrected chi connectivity index (χ4v) is 2.73. The number of carbonyl (C=O) groups excluding carboxylic acids is 1. The van der Waals surface area contributed by atoms with Gasteiger partial charge >= 0.3 is 12.1 Å². The summed E-state index contributed by atoms with van der Waals surface area (Å²) in [4.78, 5) is 25.2. The van der Waals surface area contributed by atoms with Gasteiger partial charge in [0.1, 0.15) is 5.60 Å². The number of hydrogen-bond donors (Lipinski definition) is 1. The Balaban J connectivity index is 2.38. The molecule has 1 amide bonds. The standard InChI is InChI=1S/C15H18BrNO4/c1-15(2,3)21-14(20)17-7-6-10(13(18)19)11-8-9(16)4-5-12(11)17/h4-5,8,10H,6-7H2,1-3H3,(H,18,19)/t10-/m0/s1. The summed E-state index contributed by atoms with van der Waals surface area (Å²) >= 11 is 3.35. The maximum atomic E-state index is 12.3. The first-order valence-electron chi connectivity index (χ1n) is 6.72. The van der Waals surface area contributed by atoms with E-state index in [1.807, 2.05) is 0 Å². The third-order valence-electron chi connectivity index (χ3n) is 3.21. The van der Waals surface area contributed by atoms with Crippen LogP contribution in [0.4, 0.5) is 10.5 Å². The van der Waals surface area contributed by atoms with Gasteiger partial charge in [-0.1, -0.05) is 15.9 Å². The summed E-state index contributed by atoms with van der Waals surface area (Å²) in [6.45, 7) is 5.74. The average molecular weight is 356 g/mol. The van der Waals surface area contributed by atoms with Gasteiger partial charge in [0.05, 0.1) is 11.6 Å². The molecule has 0 fully saturated rings. The topological polar surface area (TPSA) is 66.8 Å². The summed E-state index contributed by atoms with van der Waals surface area (Å²) < 4.78 is 6.18. The third-order valence-corrected chi connectivity index (χ3v) is 3.70. The normalized spacial score (nSPS) is 18.1. The lowest BCUT2D eigenvalue weighted by Gasteiger charge is -2.34. The van der Waals surface area contributed by atoms with Crippen molar-refractivity contribution in [3.05, 3.63) is 28.2 Å². The molecule has 0 bridgehead atoms. The van der Waals surface area contributed by atoms with E-state index in [9.17, 15) is 14.7 Å². The van der Waals surface area contributed by atoms with Gasteiger partial charge < -0.3 is 9.84 Å². The fourth-order valence-electron chi connectivity index (χ4n) is 2.35. The Labute approximate surface area is 132 Å². The molecule has 5 nitrogen and oxygen atoms in total. The molecule has 1 aromatic rings. The van der Waals surface area contributed by atoms with E-state index in [0.717, 1.165) is 4.47 Å². The minimum absolute atomic E-state index is 0.334. The number of carboxylic acid groups (broad SMARTS) is 1. The Morgan fingerprint density at radius 3 is 2.62 bits per heavy atom. The first-order chi connectivity index (χ1) is 9.69. The Bertz CT molecular complexity index is 580. The molecule has 2 rings (SSSR count). The molecule has 0 saturated heterocycles. The van der Waals surface area contributed by atoms with Crippen LogP contribution in [-0.4, -0.2) is 29.3 Å². The van der Waals surface area contributed by atoms with Crippen molar-refractivity contribution < 1.29 is 19.4 Å². The molecule has 0 spiro atoms. The number of nitrogens with zero attached hydrogens (tertiary/aromatic N) is 1. The molecule has 0 unspecified atom stereocenters. The monoisotopic (exact) mass is 355 g/mol. The van der Waals surface area contributed by atoms with Crippen LogP contribution in [0.1, 0.15) is 38.7 Å². The Morgan fingerprint density at radius 2 is 2.05 bits per heavy atom. The maximum Gasteiger partial charge on any atom is 0.414 e. The van der Waals surface area contributed by atoms with Crippen molar-refractivity contribution in [2.45, 2.75) is 38.7 Å². The first kappa shape index (κ1) is 15.8. The second-order valence-electron chi connectivity index (χ2n) is 6.01. The van der Waals surface area contributed by atoms with Crippen molar-refractivity contribution >= 4 is 33.7 Å². The molecule has 1 aromatic carbocycles. The molecule has 0 radical (unpaired) electrons. The second-order valence-corrected chi connectivity index (χ2v) is 6.93. The van der Waals surface area contributed by atoms with Crippen LogP contribution in [-0.2, 0) is 9.53 Å². The number of aliphatic carboxylic acids is 1. The highest BCUT2D eigenvalue weighted by Crippen LogP contribution is 2.37. The molecule has 0 saturated carbocycles. The minimum atomic E-state index is -0.877. The van der Waals surface area contributed by atoms with E-state index in [0.29, 0.717) is 24.2 Å². The van der Waals surface area contributed by atoms with Crippen LogP contribution in [0.3, 0.4) is 0 Å². The summed E-state index contributed by atoms with van der Waals surface area (Å²) in [6, 6.07) is 5.30. The van der Waals surface area contributed by atoms with Gasteiger partial charge in [-0.05, 0) is 51.0 Å². The summed E-state index contributed by atoms with van der Waals surface area (Å²) in [6.07, 6.45) is -0.0761. The molecule has 1 aliphatic rings.